The predicted molar refractivity (Wildman–Crippen MR) is 121 cm³/mol. The highest BCUT2D eigenvalue weighted by Crippen LogP contribution is 2.29. The molecule has 1 N–H and O–H groups in total. The number of esters is 1. The number of aromatic nitrogens is 2. The average Bonchev–Trinajstić information content (AvgIpc) is 2.73. The van der Waals surface area contributed by atoms with E-state index in [-0.39, 0.29) is 27.2 Å². The van der Waals surface area contributed by atoms with Crippen LogP contribution >= 0.6 is 23.2 Å². The molecule has 0 spiro atoms. The van der Waals surface area contributed by atoms with Gasteiger partial charge in [-0.1, -0.05) is 61.3 Å². The summed E-state index contributed by atoms with van der Waals surface area (Å²) in [6.45, 7) is 5.65. The first-order chi connectivity index (χ1) is 14.7. The van der Waals surface area contributed by atoms with Crippen LogP contribution in [0.2, 0.25) is 10.0 Å². The van der Waals surface area contributed by atoms with E-state index >= 15 is 0 Å². The van der Waals surface area contributed by atoms with Gasteiger partial charge in [-0.3, -0.25) is 9.59 Å². The SMILES string of the molecule is CC(C)Cn1nc(C(=O)OC(C)C(=O)Nc2cccc(Cl)c2Cl)c2ccccc2c1=O. The van der Waals surface area contributed by atoms with Crippen LogP contribution in [0.4, 0.5) is 5.69 Å². The third kappa shape index (κ3) is 5.06. The van der Waals surface area contributed by atoms with Gasteiger partial charge >= 0.3 is 5.97 Å². The first kappa shape index (κ1) is 22.8. The molecular formula is C22H21Cl2N3O4. The average molecular weight is 462 g/mol. The summed E-state index contributed by atoms with van der Waals surface area (Å²) in [5, 5.41) is 7.99. The number of halogens is 2. The van der Waals surface area contributed by atoms with Gasteiger partial charge in [0.05, 0.1) is 21.1 Å². The van der Waals surface area contributed by atoms with Crippen LogP contribution in [0.5, 0.6) is 0 Å². The Morgan fingerprint density at radius 2 is 1.74 bits per heavy atom. The first-order valence-electron chi connectivity index (χ1n) is 9.64. The van der Waals surface area contributed by atoms with Crippen molar-refractivity contribution >= 4 is 51.5 Å². The molecule has 31 heavy (non-hydrogen) atoms. The number of hydrogen-bond acceptors (Lipinski definition) is 5. The van der Waals surface area contributed by atoms with Crippen molar-refractivity contribution in [3.05, 3.63) is 68.6 Å². The van der Waals surface area contributed by atoms with Crippen molar-refractivity contribution in [3.8, 4) is 0 Å². The summed E-state index contributed by atoms with van der Waals surface area (Å²) < 4.78 is 6.59. The minimum absolute atomic E-state index is 0.0312. The lowest BCUT2D eigenvalue weighted by atomic mass is 10.1. The second-order valence-corrected chi connectivity index (χ2v) is 8.20. The highest BCUT2D eigenvalue weighted by molar-refractivity contribution is 6.44. The molecule has 1 unspecified atom stereocenters. The zero-order valence-corrected chi connectivity index (χ0v) is 18.7. The number of nitrogens with one attached hydrogen (secondary N) is 1. The van der Waals surface area contributed by atoms with E-state index in [2.05, 4.69) is 10.4 Å². The normalized spacial score (nSPS) is 12.1. The Bertz CT molecular complexity index is 1210. The second kappa shape index (κ2) is 9.49. The van der Waals surface area contributed by atoms with Gasteiger partial charge < -0.3 is 10.1 Å². The molecule has 1 amide bonds. The fourth-order valence-electron chi connectivity index (χ4n) is 2.96. The summed E-state index contributed by atoms with van der Waals surface area (Å²) in [4.78, 5) is 38.1. The number of rotatable bonds is 6. The van der Waals surface area contributed by atoms with Gasteiger partial charge in [0.25, 0.3) is 11.5 Å². The van der Waals surface area contributed by atoms with Crippen molar-refractivity contribution in [2.45, 2.75) is 33.4 Å². The molecule has 0 bridgehead atoms. The van der Waals surface area contributed by atoms with E-state index in [1.165, 1.54) is 11.6 Å². The van der Waals surface area contributed by atoms with Crippen LogP contribution in [-0.2, 0) is 16.1 Å². The Morgan fingerprint density at radius 1 is 1.06 bits per heavy atom. The van der Waals surface area contributed by atoms with Crippen LogP contribution in [-0.4, -0.2) is 27.8 Å². The fraction of sp³-hybridized carbons (Fsp3) is 0.273. The Balaban J connectivity index is 1.87. The monoisotopic (exact) mass is 461 g/mol. The number of hydrogen-bond donors (Lipinski definition) is 1. The van der Waals surface area contributed by atoms with Crippen molar-refractivity contribution in [2.75, 3.05) is 5.32 Å². The zero-order chi connectivity index (χ0) is 22.7. The van der Waals surface area contributed by atoms with Crippen LogP contribution in [0.15, 0.2) is 47.3 Å². The molecular weight excluding hydrogens is 441 g/mol. The number of carbonyl (C=O) groups excluding carboxylic acids is 2. The number of ether oxygens (including phenoxy) is 1. The molecule has 9 heteroatoms. The largest absolute Gasteiger partial charge is 0.448 e. The molecule has 3 rings (SSSR count). The van der Waals surface area contributed by atoms with Gasteiger partial charge in [-0.2, -0.15) is 5.10 Å². The van der Waals surface area contributed by atoms with Gasteiger partial charge in [0.15, 0.2) is 11.8 Å². The third-order valence-corrected chi connectivity index (χ3v) is 5.28. The summed E-state index contributed by atoms with van der Waals surface area (Å²) in [5.74, 6) is -1.26. The number of carbonyl (C=O) groups is 2. The second-order valence-electron chi connectivity index (χ2n) is 7.41. The van der Waals surface area contributed by atoms with Gasteiger partial charge in [-0.15, -0.1) is 0 Å². The van der Waals surface area contributed by atoms with Crippen LogP contribution < -0.4 is 10.9 Å². The van der Waals surface area contributed by atoms with Crippen molar-refractivity contribution in [3.63, 3.8) is 0 Å². The maximum atomic E-state index is 12.9. The minimum atomic E-state index is -1.14. The summed E-state index contributed by atoms with van der Waals surface area (Å²) in [6.07, 6.45) is -1.14. The molecule has 0 saturated carbocycles. The van der Waals surface area contributed by atoms with Crippen molar-refractivity contribution < 1.29 is 14.3 Å². The minimum Gasteiger partial charge on any atom is -0.448 e. The van der Waals surface area contributed by atoms with Gasteiger partial charge in [0.1, 0.15) is 0 Å². The maximum absolute atomic E-state index is 12.9. The molecule has 1 heterocycles. The molecule has 0 fully saturated rings. The number of nitrogens with zero attached hydrogens (tertiary/aromatic N) is 2. The van der Waals surface area contributed by atoms with Crippen molar-refractivity contribution in [1.29, 1.82) is 0 Å². The molecule has 7 nitrogen and oxygen atoms in total. The molecule has 0 saturated heterocycles. The van der Waals surface area contributed by atoms with E-state index in [0.29, 0.717) is 23.0 Å². The van der Waals surface area contributed by atoms with Crippen molar-refractivity contribution in [1.82, 2.24) is 9.78 Å². The van der Waals surface area contributed by atoms with Crippen LogP contribution in [0.3, 0.4) is 0 Å². The summed E-state index contributed by atoms with van der Waals surface area (Å²) >= 11 is 12.0. The Hall–Kier alpha value is -2.90. The standard InChI is InChI=1S/C22H21Cl2N3O4/c1-12(2)11-27-21(29)15-8-5-4-7-14(15)19(26-27)22(30)31-13(3)20(28)25-17-10-6-9-16(23)18(17)24/h4-10,12-13H,11H2,1-3H3,(H,25,28). The topological polar surface area (TPSA) is 90.3 Å². The van der Waals surface area contributed by atoms with Gasteiger partial charge in [0, 0.05) is 11.9 Å². The predicted octanol–water partition coefficient (Wildman–Crippen LogP) is 4.54. The molecule has 0 aliphatic heterocycles. The van der Waals surface area contributed by atoms with Gasteiger partial charge in [-0.05, 0) is 31.0 Å². The van der Waals surface area contributed by atoms with E-state index in [1.807, 2.05) is 13.8 Å². The molecule has 2 aromatic carbocycles. The number of fused-ring (bicyclic) bond motifs is 1. The molecule has 162 valence electrons. The highest BCUT2D eigenvalue weighted by atomic mass is 35.5. The highest BCUT2D eigenvalue weighted by Gasteiger charge is 2.24. The van der Waals surface area contributed by atoms with Crippen LogP contribution in [0, 0.1) is 5.92 Å². The van der Waals surface area contributed by atoms with E-state index in [9.17, 15) is 14.4 Å². The Kier molecular flexibility index (Phi) is 6.97. The summed E-state index contributed by atoms with van der Waals surface area (Å²) in [5.41, 5.74) is -0.0188. The Labute approximate surface area is 188 Å². The molecule has 0 aliphatic carbocycles. The summed E-state index contributed by atoms with van der Waals surface area (Å²) in [6, 6.07) is 11.5. The third-order valence-electron chi connectivity index (χ3n) is 4.46. The van der Waals surface area contributed by atoms with E-state index in [4.69, 9.17) is 27.9 Å². The van der Waals surface area contributed by atoms with Crippen LogP contribution in [0.1, 0.15) is 31.3 Å². The van der Waals surface area contributed by atoms with E-state index < -0.39 is 18.0 Å². The van der Waals surface area contributed by atoms with E-state index in [0.717, 1.165) is 0 Å². The van der Waals surface area contributed by atoms with E-state index in [1.54, 1.807) is 42.5 Å². The Morgan fingerprint density at radius 3 is 2.42 bits per heavy atom. The molecule has 1 atom stereocenters. The first-order valence-corrected chi connectivity index (χ1v) is 10.4. The van der Waals surface area contributed by atoms with Gasteiger partial charge in [-0.25, -0.2) is 9.48 Å². The number of amides is 1. The molecule has 0 radical (unpaired) electrons. The lowest BCUT2D eigenvalue weighted by molar-refractivity contribution is -0.123. The number of anilines is 1. The molecule has 3 aromatic rings. The quantitative estimate of drug-likeness (QED) is 0.543. The molecule has 0 aliphatic rings. The fourth-order valence-corrected chi connectivity index (χ4v) is 3.31. The lowest BCUT2D eigenvalue weighted by Crippen LogP contribution is -2.32. The lowest BCUT2D eigenvalue weighted by Gasteiger charge is -2.16. The smallest absolute Gasteiger partial charge is 0.360 e. The van der Waals surface area contributed by atoms with Crippen molar-refractivity contribution in [2.24, 2.45) is 5.92 Å². The summed E-state index contributed by atoms with van der Waals surface area (Å²) in [7, 11) is 0. The molecule has 1 aromatic heterocycles. The van der Waals surface area contributed by atoms with Gasteiger partial charge in [0.2, 0.25) is 0 Å². The zero-order valence-electron chi connectivity index (χ0n) is 17.2. The maximum Gasteiger partial charge on any atom is 0.360 e. The number of benzene rings is 2. The van der Waals surface area contributed by atoms with Crippen LogP contribution in [0.25, 0.3) is 10.8 Å².